The van der Waals surface area contributed by atoms with Gasteiger partial charge in [-0.2, -0.15) is 0 Å². The van der Waals surface area contributed by atoms with Crippen LogP contribution in [0.5, 0.6) is 0 Å². The molecule has 2 nitrogen and oxygen atoms in total. The van der Waals surface area contributed by atoms with Crippen LogP contribution in [0, 0.1) is 0 Å². The van der Waals surface area contributed by atoms with Crippen molar-refractivity contribution in [2.75, 3.05) is 7.05 Å². The van der Waals surface area contributed by atoms with Gasteiger partial charge in [-0.05, 0) is 0 Å². The van der Waals surface area contributed by atoms with Crippen LogP contribution in [-0.2, 0) is 4.79 Å². The number of carbonyl (C=O) groups excluding carboxylic acids is 1. The molecule has 0 aromatic carbocycles. The van der Waals surface area contributed by atoms with E-state index < -0.39 is 0 Å². The second kappa shape index (κ2) is 12.2. The topological polar surface area (TPSA) is 29.1 Å². The van der Waals surface area contributed by atoms with Crippen molar-refractivity contribution in [2.45, 2.75) is 46.5 Å². The maximum Gasteiger partial charge on any atom is 0.219 e. The van der Waals surface area contributed by atoms with Crippen molar-refractivity contribution >= 4 is 5.91 Å². The number of amides is 1. The first kappa shape index (κ1) is 13.1. The predicted molar refractivity (Wildman–Crippen MR) is 49.6 cm³/mol. The van der Waals surface area contributed by atoms with Crippen molar-refractivity contribution < 1.29 is 4.79 Å². The SMILES string of the molecule is CCC(=O)NC.CCCCC. The van der Waals surface area contributed by atoms with Gasteiger partial charge in [0.2, 0.25) is 5.91 Å². The predicted octanol–water partition coefficient (Wildman–Crippen LogP) is 2.34. The third kappa shape index (κ3) is 17.7. The number of carbonyl (C=O) groups is 1. The van der Waals surface area contributed by atoms with Gasteiger partial charge in [0.05, 0.1) is 0 Å². The molecule has 2 heteroatoms. The molecular weight excluding hydrogens is 138 g/mol. The Morgan fingerprint density at radius 1 is 1.18 bits per heavy atom. The van der Waals surface area contributed by atoms with E-state index in [0.717, 1.165) is 0 Å². The first-order valence-electron chi connectivity index (χ1n) is 4.43. The molecule has 1 amide bonds. The molecule has 0 saturated heterocycles. The highest BCUT2D eigenvalue weighted by Gasteiger charge is 1.84. The summed E-state index contributed by atoms with van der Waals surface area (Å²) in [6.45, 7) is 6.24. The summed E-state index contributed by atoms with van der Waals surface area (Å²) in [6.07, 6.45) is 4.66. The highest BCUT2D eigenvalue weighted by atomic mass is 16.1. The van der Waals surface area contributed by atoms with E-state index in [9.17, 15) is 4.79 Å². The van der Waals surface area contributed by atoms with Gasteiger partial charge in [-0.1, -0.05) is 40.0 Å². The summed E-state index contributed by atoms with van der Waals surface area (Å²) in [4.78, 5) is 10.1. The average Bonchev–Trinajstić information content (AvgIpc) is 2.06. The Morgan fingerprint density at radius 2 is 1.64 bits per heavy atom. The van der Waals surface area contributed by atoms with Crippen LogP contribution >= 0.6 is 0 Å². The first-order valence-corrected chi connectivity index (χ1v) is 4.43. The van der Waals surface area contributed by atoms with Crippen LogP contribution in [0.15, 0.2) is 0 Å². The van der Waals surface area contributed by atoms with E-state index in [0.29, 0.717) is 6.42 Å². The molecule has 68 valence electrons. The maximum absolute atomic E-state index is 10.1. The Hall–Kier alpha value is -0.530. The summed E-state index contributed by atoms with van der Waals surface area (Å²) in [5, 5.41) is 2.48. The summed E-state index contributed by atoms with van der Waals surface area (Å²) in [5.74, 6) is 0.0926. The van der Waals surface area contributed by atoms with Gasteiger partial charge in [-0.15, -0.1) is 0 Å². The van der Waals surface area contributed by atoms with Crippen LogP contribution in [-0.4, -0.2) is 13.0 Å². The van der Waals surface area contributed by atoms with Gasteiger partial charge in [-0.3, -0.25) is 4.79 Å². The smallest absolute Gasteiger partial charge is 0.219 e. The summed E-state index contributed by atoms with van der Waals surface area (Å²) < 4.78 is 0. The van der Waals surface area contributed by atoms with Gasteiger partial charge in [0.15, 0.2) is 0 Å². The summed E-state index contributed by atoms with van der Waals surface area (Å²) >= 11 is 0. The molecule has 0 heterocycles. The molecule has 0 spiro atoms. The molecule has 0 saturated carbocycles. The van der Waals surface area contributed by atoms with Gasteiger partial charge < -0.3 is 5.32 Å². The molecule has 0 unspecified atom stereocenters. The van der Waals surface area contributed by atoms with Crippen LogP contribution < -0.4 is 5.32 Å². The number of nitrogens with one attached hydrogen (secondary N) is 1. The Balaban J connectivity index is 0. The quantitative estimate of drug-likeness (QED) is 0.673. The summed E-state index contributed by atoms with van der Waals surface area (Å²) in [6, 6.07) is 0. The van der Waals surface area contributed by atoms with Crippen molar-refractivity contribution in [1.29, 1.82) is 0 Å². The molecule has 0 aromatic rings. The Bertz CT molecular complexity index is 73.6. The number of hydrogen-bond acceptors (Lipinski definition) is 1. The molecule has 11 heavy (non-hydrogen) atoms. The van der Waals surface area contributed by atoms with Gasteiger partial charge >= 0.3 is 0 Å². The third-order valence-electron chi connectivity index (χ3n) is 1.31. The minimum Gasteiger partial charge on any atom is -0.359 e. The highest BCUT2D eigenvalue weighted by Crippen LogP contribution is 1.88. The number of hydrogen-bond donors (Lipinski definition) is 1. The van der Waals surface area contributed by atoms with Gasteiger partial charge in [0.25, 0.3) is 0 Å². The Morgan fingerprint density at radius 3 is 1.64 bits per heavy atom. The average molecular weight is 159 g/mol. The van der Waals surface area contributed by atoms with Crippen molar-refractivity contribution in [2.24, 2.45) is 0 Å². The molecule has 1 N–H and O–H groups in total. The van der Waals surface area contributed by atoms with Gasteiger partial charge in [0, 0.05) is 13.5 Å². The molecule has 0 bridgehead atoms. The van der Waals surface area contributed by atoms with Gasteiger partial charge in [-0.25, -0.2) is 0 Å². The molecule has 0 aromatic heterocycles. The highest BCUT2D eigenvalue weighted by molar-refractivity contribution is 5.74. The van der Waals surface area contributed by atoms with Crippen molar-refractivity contribution in [3.63, 3.8) is 0 Å². The lowest BCUT2D eigenvalue weighted by Gasteiger charge is -1.87. The van der Waals surface area contributed by atoms with E-state index in [4.69, 9.17) is 0 Å². The maximum atomic E-state index is 10.1. The molecule has 0 fully saturated rings. The van der Waals surface area contributed by atoms with E-state index in [1.54, 1.807) is 7.05 Å². The Kier molecular flexibility index (Phi) is 14.5. The van der Waals surface area contributed by atoms with Crippen LogP contribution in [0.25, 0.3) is 0 Å². The normalized spacial score (nSPS) is 8.00. The minimum atomic E-state index is 0.0926. The second-order valence-corrected chi connectivity index (χ2v) is 2.38. The fourth-order valence-electron chi connectivity index (χ4n) is 0.530. The van der Waals surface area contributed by atoms with Crippen LogP contribution in [0.4, 0.5) is 0 Å². The molecule has 0 aliphatic heterocycles. The van der Waals surface area contributed by atoms with E-state index in [1.807, 2.05) is 6.92 Å². The van der Waals surface area contributed by atoms with E-state index >= 15 is 0 Å². The zero-order valence-electron chi connectivity index (χ0n) is 8.24. The molecule has 0 aliphatic rings. The molecule has 0 atom stereocenters. The van der Waals surface area contributed by atoms with E-state index in [-0.39, 0.29) is 5.91 Å². The fourth-order valence-corrected chi connectivity index (χ4v) is 0.530. The fraction of sp³-hybridized carbons (Fsp3) is 0.889. The van der Waals surface area contributed by atoms with Crippen molar-refractivity contribution in [3.8, 4) is 0 Å². The van der Waals surface area contributed by atoms with Crippen molar-refractivity contribution in [1.82, 2.24) is 5.32 Å². The largest absolute Gasteiger partial charge is 0.359 e. The minimum absolute atomic E-state index is 0.0926. The standard InChI is InChI=1S/C5H12.C4H9NO/c1-3-5-4-2;1-3-4(6)5-2/h3-5H2,1-2H3;3H2,1-2H3,(H,5,6). The lowest BCUT2D eigenvalue weighted by Crippen LogP contribution is -2.15. The molecule has 0 aliphatic carbocycles. The van der Waals surface area contributed by atoms with Crippen LogP contribution in [0.3, 0.4) is 0 Å². The summed E-state index contributed by atoms with van der Waals surface area (Å²) in [5.41, 5.74) is 0. The van der Waals surface area contributed by atoms with Gasteiger partial charge in [0.1, 0.15) is 0 Å². The Labute approximate surface area is 70.4 Å². The zero-order chi connectivity index (χ0) is 9.11. The second-order valence-electron chi connectivity index (χ2n) is 2.38. The molecule has 0 rings (SSSR count). The van der Waals surface area contributed by atoms with E-state index in [2.05, 4.69) is 19.2 Å². The lowest BCUT2D eigenvalue weighted by molar-refractivity contribution is -0.120. The van der Waals surface area contributed by atoms with E-state index in [1.165, 1.54) is 19.3 Å². The molecule has 0 radical (unpaired) electrons. The number of rotatable bonds is 3. The van der Waals surface area contributed by atoms with Crippen LogP contribution in [0.1, 0.15) is 46.5 Å². The zero-order valence-corrected chi connectivity index (χ0v) is 8.24. The third-order valence-corrected chi connectivity index (χ3v) is 1.31. The first-order chi connectivity index (χ1) is 5.22. The number of unbranched alkanes of at least 4 members (excludes halogenated alkanes) is 2. The monoisotopic (exact) mass is 159 g/mol. The van der Waals surface area contributed by atoms with Crippen molar-refractivity contribution in [3.05, 3.63) is 0 Å². The van der Waals surface area contributed by atoms with Crippen LogP contribution in [0.2, 0.25) is 0 Å². The lowest BCUT2D eigenvalue weighted by atomic mass is 10.3. The molecular formula is C9H21NO. The summed E-state index contributed by atoms with van der Waals surface area (Å²) in [7, 11) is 1.63.